The number of aromatic nitrogens is 2. The Morgan fingerprint density at radius 2 is 1.93 bits per heavy atom. The molecule has 0 spiro atoms. The van der Waals surface area contributed by atoms with Gasteiger partial charge >= 0.3 is 12.0 Å². The molecule has 0 saturated carbocycles. The largest absolute Gasteiger partial charge is 0.469 e. The number of methoxy groups -OCH3 is 1. The van der Waals surface area contributed by atoms with Gasteiger partial charge in [-0.3, -0.25) is 19.6 Å². The van der Waals surface area contributed by atoms with Crippen LogP contribution < -0.4 is 10.6 Å². The Bertz CT molecular complexity index is 1480. The van der Waals surface area contributed by atoms with Gasteiger partial charge in [-0.1, -0.05) is 37.1 Å². The Kier molecular flexibility index (Phi) is 8.49. The highest BCUT2D eigenvalue weighted by molar-refractivity contribution is 6.30. The Balaban J connectivity index is 1.47. The fourth-order valence-corrected chi connectivity index (χ4v) is 5.57. The molecule has 1 saturated heterocycles. The van der Waals surface area contributed by atoms with Crippen molar-refractivity contribution in [1.82, 2.24) is 20.2 Å². The summed E-state index contributed by atoms with van der Waals surface area (Å²) in [5.74, 6) is -1.41. The number of amides is 3. The minimum atomic E-state index is -0.631. The normalized spacial score (nSPS) is 21.1. The first-order valence-electron chi connectivity index (χ1n) is 13.6. The van der Waals surface area contributed by atoms with E-state index in [1.165, 1.54) is 19.4 Å². The van der Waals surface area contributed by atoms with Crippen LogP contribution >= 0.6 is 11.6 Å². The second-order valence-corrected chi connectivity index (χ2v) is 10.8. The molecule has 3 aromatic rings. The third-order valence-electron chi connectivity index (χ3n) is 7.71. The van der Waals surface area contributed by atoms with E-state index in [2.05, 4.69) is 20.6 Å². The van der Waals surface area contributed by atoms with Gasteiger partial charge in [-0.2, -0.15) is 0 Å². The third kappa shape index (κ3) is 6.17. The molecular weight excluding hydrogens is 549 g/mol. The van der Waals surface area contributed by atoms with E-state index >= 15 is 0 Å². The van der Waals surface area contributed by atoms with Gasteiger partial charge in [0.05, 0.1) is 42.0 Å². The maximum atomic E-state index is 14.6. The van der Waals surface area contributed by atoms with E-state index in [1.54, 1.807) is 17.2 Å². The molecule has 11 heteroatoms. The second-order valence-electron chi connectivity index (χ2n) is 10.4. The number of carbonyl (C=O) groups is 3. The number of ether oxygens (including phenoxy) is 1. The van der Waals surface area contributed by atoms with E-state index in [0.29, 0.717) is 49.2 Å². The van der Waals surface area contributed by atoms with Crippen LogP contribution in [0, 0.1) is 11.7 Å². The number of nitrogens with one attached hydrogen (secondary N) is 2. The predicted molar refractivity (Wildman–Crippen MR) is 152 cm³/mol. The molecule has 4 heterocycles. The summed E-state index contributed by atoms with van der Waals surface area (Å²) in [7, 11) is 1.34. The molecule has 2 aliphatic heterocycles. The molecule has 5 rings (SSSR count). The van der Waals surface area contributed by atoms with Gasteiger partial charge in [0.1, 0.15) is 0 Å². The summed E-state index contributed by atoms with van der Waals surface area (Å²) in [4.78, 5) is 48.9. The Hall–Kier alpha value is -4.05. The van der Waals surface area contributed by atoms with Gasteiger partial charge in [-0.05, 0) is 54.7 Å². The van der Waals surface area contributed by atoms with Gasteiger partial charge in [0.25, 0.3) is 0 Å². The molecule has 3 amide bonds. The molecule has 1 aromatic carbocycles. The summed E-state index contributed by atoms with van der Waals surface area (Å²) in [6.07, 6.45) is 5.52. The number of esters is 1. The van der Waals surface area contributed by atoms with Gasteiger partial charge in [-0.25, -0.2) is 9.18 Å². The number of nitrogens with zero attached hydrogens (tertiary/aromatic N) is 3. The molecule has 41 heavy (non-hydrogen) atoms. The van der Waals surface area contributed by atoms with Crippen molar-refractivity contribution in [3.05, 3.63) is 76.6 Å². The first-order valence-corrected chi connectivity index (χ1v) is 14.0. The number of rotatable bonds is 4. The minimum absolute atomic E-state index is 0.0390. The fourth-order valence-electron chi connectivity index (χ4n) is 5.42. The van der Waals surface area contributed by atoms with Crippen molar-refractivity contribution >= 4 is 35.2 Å². The summed E-state index contributed by atoms with van der Waals surface area (Å²) in [5, 5.41) is 5.91. The average Bonchev–Trinajstić information content (AvgIpc) is 2.96. The van der Waals surface area contributed by atoms with Crippen molar-refractivity contribution in [2.24, 2.45) is 5.92 Å². The second kappa shape index (κ2) is 12.2. The molecular formula is C30H31ClFN5O4. The zero-order chi connectivity index (χ0) is 29.1. The summed E-state index contributed by atoms with van der Waals surface area (Å²) in [6, 6.07) is 9.34. The van der Waals surface area contributed by atoms with Gasteiger partial charge in [0.15, 0.2) is 5.82 Å². The number of benzene rings is 1. The van der Waals surface area contributed by atoms with Crippen LogP contribution in [0.2, 0.25) is 5.02 Å². The van der Waals surface area contributed by atoms with E-state index < -0.39 is 11.9 Å². The van der Waals surface area contributed by atoms with Crippen LogP contribution in [0.25, 0.3) is 11.1 Å². The summed E-state index contributed by atoms with van der Waals surface area (Å²) in [5.41, 5.74) is 3.72. The van der Waals surface area contributed by atoms with Crippen molar-refractivity contribution in [1.29, 1.82) is 0 Å². The molecule has 214 valence electrons. The topological polar surface area (TPSA) is 114 Å². The van der Waals surface area contributed by atoms with Crippen molar-refractivity contribution in [2.75, 3.05) is 19.0 Å². The maximum Gasteiger partial charge on any atom is 0.318 e. The lowest BCUT2D eigenvalue weighted by Gasteiger charge is -2.38. The van der Waals surface area contributed by atoms with E-state index in [1.807, 2.05) is 31.2 Å². The highest BCUT2D eigenvalue weighted by atomic mass is 35.5. The highest BCUT2D eigenvalue weighted by Crippen LogP contribution is 2.36. The standard InChI is InChI=1S/C30H31ClFN5O4/c1-17-4-3-5-25(37-13-10-22(36-30(37)40)28-27(32)21(31)9-12-34-28)24-16-19(8-11-33-24)20-7-6-18(15-26(38)41-2)14-23(20)35-29(17)39/h6-9,11-12,14,16-17,22,25H,3-5,10,13,15H2,1-2H3,(H,35,39)(H,36,40)/t17-,22?,25-/m0/s1. The molecule has 1 unspecified atom stereocenters. The first kappa shape index (κ1) is 28.5. The molecule has 2 aromatic heterocycles. The number of fused-ring (bicyclic) bond motifs is 4. The lowest BCUT2D eigenvalue weighted by atomic mass is 9.93. The molecule has 1 fully saturated rings. The molecule has 2 aliphatic rings. The van der Waals surface area contributed by atoms with E-state index in [4.69, 9.17) is 16.3 Å². The number of pyridine rings is 2. The average molecular weight is 580 g/mol. The Morgan fingerprint density at radius 1 is 1.12 bits per heavy atom. The van der Waals surface area contributed by atoms with Crippen molar-refractivity contribution < 1.29 is 23.5 Å². The van der Waals surface area contributed by atoms with Crippen LogP contribution in [0.15, 0.2) is 48.8 Å². The smallest absolute Gasteiger partial charge is 0.318 e. The molecule has 2 bridgehead atoms. The van der Waals surface area contributed by atoms with Crippen LogP contribution in [0.1, 0.15) is 61.6 Å². The lowest BCUT2D eigenvalue weighted by Crippen LogP contribution is -2.50. The molecule has 0 aliphatic carbocycles. The third-order valence-corrected chi connectivity index (χ3v) is 8.00. The summed E-state index contributed by atoms with van der Waals surface area (Å²) in [6.45, 7) is 2.24. The van der Waals surface area contributed by atoms with Gasteiger partial charge in [-0.15, -0.1) is 0 Å². The van der Waals surface area contributed by atoms with Gasteiger partial charge in [0, 0.05) is 36.1 Å². The number of hydrogen-bond acceptors (Lipinski definition) is 6. The maximum absolute atomic E-state index is 14.6. The summed E-state index contributed by atoms with van der Waals surface area (Å²) < 4.78 is 19.4. The number of hydrogen-bond donors (Lipinski definition) is 2. The number of anilines is 1. The Labute approximate surface area is 242 Å². The summed E-state index contributed by atoms with van der Waals surface area (Å²) >= 11 is 5.94. The lowest BCUT2D eigenvalue weighted by molar-refractivity contribution is -0.139. The van der Waals surface area contributed by atoms with E-state index in [9.17, 15) is 18.8 Å². The van der Waals surface area contributed by atoms with Crippen molar-refractivity contribution in [2.45, 2.75) is 51.1 Å². The molecule has 9 nitrogen and oxygen atoms in total. The van der Waals surface area contributed by atoms with Crippen LogP contribution in [-0.4, -0.2) is 46.4 Å². The molecule has 3 atom stereocenters. The predicted octanol–water partition coefficient (Wildman–Crippen LogP) is 5.61. The zero-order valence-corrected chi connectivity index (χ0v) is 23.6. The number of halogens is 2. The first-order chi connectivity index (χ1) is 19.7. The van der Waals surface area contributed by atoms with Crippen LogP contribution in [0.4, 0.5) is 14.9 Å². The zero-order valence-electron chi connectivity index (χ0n) is 22.8. The van der Waals surface area contributed by atoms with Crippen molar-refractivity contribution in [3.8, 4) is 11.1 Å². The molecule has 2 N–H and O–H groups in total. The monoisotopic (exact) mass is 579 g/mol. The van der Waals surface area contributed by atoms with Crippen LogP contribution in [-0.2, 0) is 20.7 Å². The SMILES string of the molecule is COC(=O)Cc1ccc2c(c1)NC(=O)[C@@H](C)CCC[C@H](N1CCC(c3nccc(Cl)c3F)NC1=O)c1cc-2ccn1. The van der Waals surface area contributed by atoms with E-state index in [0.717, 1.165) is 11.1 Å². The number of carbonyl (C=O) groups excluding carboxylic acids is 3. The number of urea groups is 1. The highest BCUT2D eigenvalue weighted by Gasteiger charge is 2.34. The minimum Gasteiger partial charge on any atom is -0.469 e. The van der Waals surface area contributed by atoms with Crippen LogP contribution in [0.5, 0.6) is 0 Å². The van der Waals surface area contributed by atoms with E-state index in [-0.39, 0.29) is 47.0 Å². The van der Waals surface area contributed by atoms with Gasteiger partial charge in [0.2, 0.25) is 5.91 Å². The van der Waals surface area contributed by atoms with Crippen LogP contribution in [0.3, 0.4) is 0 Å². The van der Waals surface area contributed by atoms with Crippen molar-refractivity contribution in [3.63, 3.8) is 0 Å². The van der Waals surface area contributed by atoms with Gasteiger partial charge < -0.3 is 20.3 Å². The molecule has 0 radical (unpaired) electrons. The Morgan fingerprint density at radius 3 is 2.71 bits per heavy atom. The fraction of sp³-hybridized carbons (Fsp3) is 0.367. The quantitative estimate of drug-likeness (QED) is 0.389.